The minimum Gasteiger partial charge on any atom is -0.494 e. The maximum absolute atomic E-state index is 12.3. The van der Waals surface area contributed by atoms with E-state index in [0.717, 1.165) is 6.42 Å². The van der Waals surface area contributed by atoms with Gasteiger partial charge in [-0.3, -0.25) is 14.6 Å². The molecule has 1 aliphatic carbocycles. The first-order chi connectivity index (χ1) is 9.49. The summed E-state index contributed by atoms with van der Waals surface area (Å²) in [6.07, 6.45) is 4.99. The number of hydrogen-bond donors (Lipinski definition) is 2. The summed E-state index contributed by atoms with van der Waals surface area (Å²) in [5.74, 6) is -0.828. The van der Waals surface area contributed by atoms with Crippen LogP contribution >= 0.6 is 0 Å². The first-order valence-electron chi connectivity index (χ1n) is 6.51. The van der Waals surface area contributed by atoms with Crippen LogP contribution in [0.5, 0.6) is 5.75 Å². The van der Waals surface area contributed by atoms with Crippen LogP contribution in [0.2, 0.25) is 0 Å². The second-order valence-corrected chi connectivity index (χ2v) is 5.22. The number of amides is 1. The first kappa shape index (κ1) is 14.3. The number of carbonyl (C=O) groups excluding carboxylic acids is 1. The summed E-state index contributed by atoms with van der Waals surface area (Å²) in [6.45, 7) is 1.68. The van der Waals surface area contributed by atoms with Gasteiger partial charge in [-0.05, 0) is 25.8 Å². The molecule has 0 aliphatic heterocycles. The van der Waals surface area contributed by atoms with Gasteiger partial charge in [0.05, 0.1) is 24.3 Å². The number of hydrogen-bond acceptors (Lipinski definition) is 4. The predicted octanol–water partition coefficient (Wildman–Crippen LogP) is 1.46. The Balaban J connectivity index is 2.18. The van der Waals surface area contributed by atoms with Crippen molar-refractivity contribution in [2.45, 2.75) is 32.2 Å². The molecule has 6 heteroatoms. The number of carbonyl (C=O) groups is 2. The zero-order valence-electron chi connectivity index (χ0n) is 11.5. The summed E-state index contributed by atoms with van der Waals surface area (Å²) >= 11 is 0. The zero-order chi connectivity index (χ0) is 14.8. The summed E-state index contributed by atoms with van der Waals surface area (Å²) in [5, 5.41) is 12.2. The van der Waals surface area contributed by atoms with Crippen LogP contribution < -0.4 is 10.1 Å². The molecule has 2 N–H and O–H groups in total. The zero-order valence-corrected chi connectivity index (χ0v) is 11.5. The lowest BCUT2D eigenvalue weighted by atomic mass is 9.85. The van der Waals surface area contributed by atoms with Gasteiger partial charge in [-0.1, -0.05) is 6.42 Å². The van der Waals surface area contributed by atoms with Gasteiger partial charge in [0.1, 0.15) is 5.75 Å². The third-order valence-electron chi connectivity index (χ3n) is 4.00. The van der Waals surface area contributed by atoms with Gasteiger partial charge in [-0.2, -0.15) is 0 Å². The van der Waals surface area contributed by atoms with E-state index in [2.05, 4.69) is 10.3 Å². The van der Waals surface area contributed by atoms with E-state index in [-0.39, 0.29) is 11.9 Å². The molecule has 1 aliphatic rings. The van der Waals surface area contributed by atoms with Crippen LogP contribution in [-0.4, -0.2) is 35.1 Å². The molecule has 0 radical (unpaired) electrons. The topological polar surface area (TPSA) is 88.5 Å². The van der Waals surface area contributed by atoms with Crippen molar-refractivity contribution in [1.82, 2.24) is 10.3 Å². The van der Waals surface area contributed by atoms with Crippen LogP contribution in [0.3, 0.4) is 0 Å². The fourth-order valence-corrected chi connectivity index (χ4v) is 2.62. The number of rotatable bonds is 4. The van der Waals surface area contributed by atoms with Crippen LogP contribution in [0.1, 0.15) is 36.5 Å². The van der Waals surface area contributed by atoms with Gasteiger partial charge in [-0.15, -0.1) is 0 Å². The monoisotopic (exact) mass is 278 g/mol. The lowest BCUT2D eigenvalue weighted by Crippen LogP contribution is -2.47. The van der Waals surface area contributed by atoms with Gasteiger partial charge in [0.25, 0.3) is 5.91 Å². The number of carboxylic acid groups (broad SMARTS) is 1. The van der Waals surface area contributed by atoms with Gasteiger partial charge in [0.2, 0.25) is 0 Å². The van der Waals surface area contributed by atoms with Gasteiger partial charge in [0, 0.05) is 12.2 Å². The molecule has 20 heavy (non-hydrogen) atoms. The second kappa shape index (κ2) is 5.48. The minimum absolute atomic E-state index is 0.330. The number of methoxy groups -OCH3 is 1. The van der Waals surface area contributed by atoms with E-state index in [0.29, 0.717) is 24.2 Å². The number of aliphatic carboxylic acids is 1. The molecule has 1 aromatic heterocycles. The van der Waals surface area contributed by atoms with Crippen LogP contribution in [-0.2, 0) is 4.79 Å². The molecule has 0 spiro atoms. The Morgan fingerprint density at radius 1 is 1.55 bits per heavy atom. The van der Waals surface area contributed by atoms with Gasteiger partial charge < -0.3 is 15.2 Å². The molecule has 6 nitrogen and oxygen atoms in total. The maximum Gasteiger partial charge on any atom is 0.311 e. The number of ether oxygens (including phenoxy) is 1. The number of nitrogens with one attached hydrogen (secondary N) is 1. The highest BCUT2D eigenvalue weighted by atomic mass is 16.5. The number of pyridine rings is 1. The van der Waals surface area contributed by atoms with E-state index >= 15 is 0 Å². The molecule has 0 saturated heterocycles. The van der Waals surface area contributed by atoms with Crippen LogP contribution in [0.15, 0.2) is 18.5 Å². The number of nitrogens with zero attached hydrogens (tertiary/aromatic N) is 1. The van der Waals surface area contributed by atoms with Crippen LogP contribution in [0, 0.1) is 5.41 Å². The fraction of sp³-hybridized carbons (Fsp3) is 0.500. The molecule has 2 rings (SSSR count). The Kier molecular flexibility index (Phi) is 3.92. The molecule has 0 bridgehead atoms. The SMILES string of the molecule is COc1cnccc1C(=O)NC1CCCC1(C)C(=O)O. The van der Waals surface area contributed by atoms with Gasteiger partial charge in [0.15, 0.2) is 0 Å². The first-order valence-corrected chi connectivity index (χ1v) is 6.51. The van der Waals surface area contributed by atoms with E-state index in [9.17, 15) is 14.7 Å². The van der Waals surface area contributed by atoms with Crippen molar-refractivity contribution in [3.05, 3.63) is 24.0 Å². The minimum atomic E-state index is -0.907. The van der Waals surface area contributed by atoms with Gasteiger partial charge >= 0.3 is 5.97 Å². The molecule has 108 valence electrons. The summed E-state index contributed by atoms with van der Waals surface area (Å²) in [4.78, 5) is 27.6. The largest absolute Gasteiger partial charge is 0.494 e. The van der Waals surface area contributed by atoms with E-state index in [1.165, 1.54) is 19.5 Å². The fourth-order valence-electron chi connectivity index (χ4n) is 2.62. The summed E-state index contributed by atoms with van der Waals surface area (Å²) in [5.41, 5.74) is -0.544. The standard InChI is InChI=1S/C14H18N2O4/c1-14(13(18)19)6-3-4-11(14)16-12(17)9-5-7-15-8-10(9)20-2/h5,7-8,11H,3-4,6H2,1-2H3,(H,16,17)(H,18,19). The van der Waals surface area contributed by atoms with Crippen molar-refractivity contribution in [3.63, 3.8) is 0 Å². The smallest absolute Gasteiger partial charge is 0.311 e. The van der Waals surface area contributed by atoms with E-state index in [4.69, 9.17) is 4.74 Å². The molecular formula is C14H18N2O4. The average Bonchev–Trinajstić information content (AvgIpc) is 2.81. The Labute approximate surface area is 117 Å². The van der Waals surface area contributed by atoms with Crippen LogP contribution in [0.25, 0.3) is 0 Å². The van der Waals surface area contributed by atoms with Gasteiger partial charge in [-0.25, -0.2) is 0 Å². The lowest BCUT2D eigenvalue weighted by Gasteiger charge is -2.27. The van der Waals surface area contributed by atoms with Crippen molar-refractivity contribution in [3.8, 4) is 5.75 Å². The average molecular weight is 278 g/mol. The molecule has 1 heterocycles. The molecule has 1 fully saturated rings. The Morgan fingerprint density at radius 2 is 2.30 bits per heavy atom. The quantitative estimate of drug-likeness (QED) is 0.870. The molecular weight excluding hydrogens is 260 g/mol. The summed E-state index contributed by atoms with van der Waals surface area (Å²) in [7, 11) is 1.46. The van der Waals surface area contributed by atoms with Crippen molar-refractivity contribution >= 4 is 11.9 Å². The third-order valence-corrected chi connectivity index (χ3v) is 4.00. The Bertz CT molecular complexity index is 532. The van der Waals surface area contributed by atoms with Crippen molar-refractivity contribution < 1.29 is 19.4 Å². The summed E-state index contributed by atoms with van der Waals surface area (Å²) in [6, 6.07) is 1.19. The van der Waals surface area contributed by atoms with Crippen molar-refractivity contribution in [2.75, 3.05) is 7.11 Å². The maximum atomic E-state index is 12.3. The van der Waals surface area contributed by atoms with E-state index in [1.54, 1.807) is 13.0 Å². The highest BCUT2D eigenvalue weighted by molar-refractivity contribution is 5.97. The molecule has 1 aromatic rings. The van der Waals surface area contributed by atoms with Crippen LogP contribution in [0.4, 0.5) is 0 Å². The highest BCUT2D eigenvalue weighted by Gasteiger charge is 2.46. The molecule has 2 unspecified atom stereocenters. The second-order valence-electron chi connectivity index (χ2n) is 5.22. The summed E-state index contributed by atoms with van der Waals surface area (Å²) < 4.78 is 5.09. The number of aromatic nitrogens is 1. The normalized spacial score (nSPS) is 25.2. The molecule has 1 saturated carbocycles. The van der Waals surface area contributed by atoms with Crippen molar-refractivity contribution in [2.24, 2.45) is 5.41 Å². The lowest BCUT2D eigenvalue weighted by molar-refractivity contribution is -0.148. The Hall–Kier alpha value is -2.11. The molecule has 2 atom stereocenters. The highest BCUT2D eigenvalue weighted by Crippen LogP contribution is 2.38. The predicted molar refractivity (Wildman–Crippen MR) is 71.6 cm³/mol. The molecule has 1 amide bonds. The Morgan fingerprint density at radius 3 is 2.95 bits per heavy atom. The van der Waals surface area contributed by atoms with E-state index in [1.807, 2.05) is 0 Å². The number of carboxylic acids is 1. The molecule has 0 aromatic carbocycles. The van der Waals surface area contributed by atoms with Crippen molar-refractivity contribution in [1.29, 1.82) is 0 Å². The third kappa shape index (κ3) is 2.45. The van der Waals surface area contributed by atoms with E-state index < -0.39 is 11.4 Å².